The predicted molar refractivity (Wildman–Crippen MR) is 73.8 cm³/mol. The average Bonchev–Trinajstić information content (AvgIpc) is 2.36. The summed E-state index contributed by atoms with van der Waals surface area (Å²) in [5.74, 6) is 0. The Bertz CT molecular complexity index is 353. The first-order chi connectivity index (χ1) is 8.57. The van der Waals surface area contributed by atoms with Gasteiger partial charge in [0.25, 0.3) is 0 Å². The maximum absolute atomic E-state index is 5.62. The van der Waals surface area contributed by atoms with E-state index in [0.717, 1.165) is 24.3 Å². The summed E-state index contributed by atoms with van der Waals surface area (Å²) >= 11 is 0. The minimum absolute atomic E-state index is 0.126. The van der Waals surface area contributed by atoms with Gasteiger partial charge in [-0.3, -0.25) is 4.98 Å². The van der Waals surface area contributed by atoms with Gasteiger partial charge in [-0.15, -0.1) is 0 Å². The molecule has 1 heterocycles. The second-order valence-corrected chi connectivity index (χ2v) is 4.83. The summed E-state index contributed by atoms with van der Waals surface area (Å²) < 4.78 is 11.0. The molecule has 0 aliphatic heterocycles. The van der Waals surface area contributed by atoms with Crippen molar-refractivity contribution in [3.05, 3.63) is 24.0 Å². The molecule has 0 fully saturated rings. The van der Waals surface area contributed by atoms with Crippen LogP contribution in [0.3, 0.4) is 0 Å². The third-order valence-electron chi connectivity index (χ3n) is 2.85. The van der Waals surface area contributed by atoms with Crippen molar-refractivity contribution < 1.29 is 9.47 Å². The summed E-state index contributed by atoms with van der Waals surface area (Å²) in [4.78, 5) is 4.28. The Labute approximate surface area is 110 Å². The molecule has 0 amide bonds. The van der Waals surface area contributed by atoms with E-state index in [-0.39, 0.29) is 5.60 Å². The van der Waals surface area contributed by atoms with Crippen LogP contribution in [0.4, 0.5) is 5.69 Å². The molecule has 0 radical (unpaired) electrons. The molecule has 0 aliphatic carbocycles. The molecule has 18 heavy (non-hydrogen) atoms. The highest BCUT2D eigenvalue weighted by molar-refractivity contribution is 5.42. The van der Waals surface area contributed by atoms with Gasteiger partial charge in [-0.25, -0.2) is 0 Å². The third-order valence-corrected chi connectivity index (χ3v) is 2.85. The number of pyridine rings is 1. The number of hydrogen-bond acceptors (Lipinski definition) is 4. The third kappa shape index (κ3) is 5.47. The summed E-state index contributed by atoms with van der Waals surface area (Å²) in [7, 11) is 1.72. The van der Waals surface area contributed by atoms with Gasteiger partial charge in [-0.05, 0) is 39.3 Å². The molecule has 0 spiro atoms. The number of methoxy groups -OCH3 is 1. The number of nitrogens with zero attached hydrogens (tertiary/aromatic N) is 1. The monoisotopic (exact) mass is 252 g/mol. The molecule has 102 valence electrons. The molecular weight excluding hydrogens is 228 g/mol. The molecule has 0 unspecified atom stereocenters. The van der Waals surface area contributed by atoms with Crippen LogP contribution in [0.15, 0.2) is 18.3 Å². The molecule has 0 aromatic carbocycles. The quantitative estimate of drug-likeness (QED) is 0.722. The maximum atomic E-state index is 5.62. The molecule has 1 aromatic heterocycles. The molecule has 1 aromatic rings. The van der Waals surface area contributed by atoms with E-state index < -0.39 is 0 Å². The van der Waals surface area contributed by atoms with Crippen LogP contribution in [-0.4, -0.2) is 30.8 Å². The zero-order chi connectivity index (χ0) is 13.4. The van der Waals surface area contributed by atoms with Gasteiger partial charge >= 0.3 is 0 Å². The van der Waals surface area contributed by atoms with E-state index in [2.05, 4.69) is 31.1 Å². The number of hydrogen-bond donors (Lipinski definition) is 1. The lowest BCUT2D eigenvalue weighted by molar-refractivity contribution is -0.0128. The summed E-state index contributed by atoms with van der Waals surface area (Å²) in [6.45, 7) is 8.31. The van der Waals surface area contributed by atoms with E-state index in [9.17, 15) is 0 Å². The van der Waals surface area contributed by atoms with Crippen molar-refractivity contribution in [2.75, 3.05) is 25.6 Å². The van der Waals surface area contributed by atoms with E-state index >= 15 is 0 Å². The van der Waals surface area contributed by atoms with E-state index in [1.54, 1.807) is 13.3 Å². The number of anilines is 1. The Morgan fingerprint density at radius 2 is 2.17 bits per heavy atom. The van der Waals surface area contributed by atoms with Gasteiger partial charge < -0.3 is 14.8 Å². The molecule has 1 N–H and O–H groups in total. The lowest BCUT2D eigenvalue weighted by Crippen LogP contribution is -2.24. The molecule has 1 rings (SSSR count). The largest absolute Gasteiger partial charge is 0.385 e. The minimum atomic E-state index is -0.126. The van der Waals surface area contributed by atoms with Gasteiger partial charge in [-0.2, -0.15) is 0 Å². The highest BCUT2D eigenvalue weighted by Crippen LogP contribution is 2.13. The lowest BCUT2D eigenvalue weighted by atomic mass is 10.1. The molecule has 0 saturated carbocycles. The van der Waals surface area contributed by atoms with Crippen molar-refractivity contribution in [2.45, 2.75) is 39.4 Å². The van der Waals surface area contributed by atoms with Crippen LogP contribution in [0.5, 0.6) is 0 Å². The van der Waals surface area contributed by atoms with Crippen LogP contribution in [0.2, 0.25) is 0 Å². The Morgan fingerprint density at radius 1 is 1.39 bits per heavy atom. The maximum Gasteiger partial charge on any atom is 0.0888 e. The van der Waals surface area contributed by atoms with Crippen LogP contribution in [0, 0.1) is 0 Å². The fourth-order valence-electron chi connectivity index (χ4n) is 1.47. The molecular formula is C14H24N2O2. The average molecular weight is 252 g/mol. The molecule has 4 heteroatoms. The summed E-state index contributed by atoms with van der Waals surface area (Å²) in [6, 6.07) is 3.98. The second kappa shape index (κ2) is 7.34. The fourth-order valence-corrected chi connectivity index (χ4v) is 1.47. The zero-order valence-corrected chi connectivity index (χ0v) is 11.8. The van der Waals surface area contributed by atoms with Crippen LogP contribution >= 0.6 is 0 Å². The van der Waals surface area contributed by atoms with Gasteiger partial charge in [0.1, 0.15) is 0 Å². The SMILES string of the molecule is CCNc1ccnc(COCCC(C)(C)OC)c1. The van der Waals surface area contributed by atoms with Gasteiger partial charge in [0.15, 0.2) is 0 Å². The van der Waals surface area contributed by atoms with Gasteiger partial charge in [-0.1, -0.05) is 0 Å². The zero-order valence-electron chi connectivity index (χ0n) is 11.8. The van der Waals surface area contributed by atoms with Gasteiger partial charge in [0.05, 0.1) is 17.9 Å². The summed E-state index contributed by atoms with van der Waals surface area (Å²) in [6.07, 6.45) is 2.67. The first-order valence-electron chi connectivity index (χ1n) is 6.39. The van der Waals surface area contributed by atoms with E-state index in [1.165, 1.54) is 0 Å². The van der Waals surface area contributed by atoms with Crippen molar-refractivity contribution in [2.24, 2.45) is 0 Å². The predicted octanol–water partition coefficient (Wildman–Crippen LogP) is 2.85. The Morgan fingerprint density at radius 3 is 2.83 bits per heavy atom. The van der Waals surface area contributed by atoms with E-state index in [4.69, 9.17) is 9.47 Å². The topological polar surface area (TPSA) is 43.4 Å². The van der Waals surface area contributed by atoms with E-state index in [0.29, 0.717) is 13.2 Å². The van der Waals surface area contributed by atoms with Gasteiger partial charge in [0.2, 0.25) is 0 Å². The fraction of sp³-hybridized carbons (Fsp3) is 0.643. The molecule has 0 aliphatic rings. The number of rotatable bonds is 8. The van der Waals surface area contributed by atoms with Crippen molar-refractivity contribution in [3.8, 4) is 0 Å². The van der Waals surface area contributed by atoms with Crippen molar-refractivity contribution >= 4 is 5.69 Å². The number of nitrogens with one attached hydrogen (secondary N) is 1. The normalized spacial score (nSPS) is 11.6. The van der Waals surface area contributed by atoms with E-state index in [1.807, 2.05) is 12.1 Å². The standard InChI is InChI=1S/C14H24N2O2/c1-5-15-12-6-8-16-13(10-12)11-18-9-7-14(2,3)17-4/h6,8,10H,5,7,9,11H2,1-4H3,(H,15,16). The minimum Gasteiger partial charge on any atom is -0.385 e. The molecule has 0 saturated heterocycles. The Balaban J connectivity index is 2.33. The smallest absolute Gasteiger partial charge is 0.0888 e. The highest BCUT2D eigenvalue weighted by atomic mass is 16.5. The van der Waals surface area contributed by atoms with Crippen LogP contribution < -0.4 is 5.32 Å². The Kier molecular flexibility index (Phi) is 6.09. The first kappa shape index (κ1) is 14.9. The first-order valence-corrected chi connectivity index (χ1v) is 6.39. The lowest BCUT2D eigenvalue weighted by Gasteiger charge is -2.22. The summed E-state index contributed by atoms with van der Waals surface area (Å²) in [5.41, 5.74) is 1.91. The molecule has 0 atom stereocenters. The van der Waals surface area contributed by atoms with Crippen molar-refractivity contribution in [3.63, 3.8) is 0 Å². The molecule has 4 nitrogen and oxygen atoms in total. The second-order valence-electron chi connectivity index (χ2n) is 4.83. The number of ether oxygens (including phenoxy) is 2. The van der Waals surface area contributed by atoms with Crippen LogP contribution in [0.1, 0.15) is 32.9 Å². The van der Waals surface area contributed by atoms with Gasteiger partial charge in [0, 0.05) is 32.1 Å². The highest BCUT2D eigenvalue weighted by Gasteiger charge is 2.15. The van der Waals surface area contributed by atoms with Crippen LogP contribution in [0.25, 0.3) is 0 Å². The van der Waals surface area contributed by atoms with Crippen molar-refractivity contribution in [1.29, 1.82) is 0 Å². The summed E-state index contributed by atoms with van der Waals surface area (Å²) in [5, 5.41) is 3.26. The van der Waals surface area contributed by atoms with Crippen LogP contribution in [-0.2, 0) is 16.1 Å². The van der Waals surface area contributed by atoms with Crippen molar-refractivity contribution in [1.82, 2.24) is 4.98 Å². The number of aromatic nitrogens is 1. The molecule has 0 bridgehead atoms. The Hall–Kier alpha value is -1.13.